The quantitative estimate of drug-likeness (QED) is 0.593. The molecule has 0 saturated carbocycles. The summed E-state index contributed by atoms with van der Waals surface area (Å²) in [5.41, 5.74) is -3.79. The van der Waals surface area contributed by atoms with Crippen LogP contribution < -0.4 is 0 Å². The number of rotatable bonds is 5. The maximum Gasteiger partial charge on any atom is 0.446 e. The van der Waals surface area contributed by atoms with E-state index in [2.05, 4.69) is 0 Å². The van der Waals surface area contributed by atoms with Gasteiger partial charge in [-0.3, -0.25) is 4.79 Å². The van der Waals surface area contributed by atoms with E-state index in [9.17, 15) is 18.0 Å². The minimum absolute atomic E-state index is 0.0591. The summed E-state index contributed by atoms with van der Waals surface area (Å²) in [7, 11) is 0. The number of carbonyl (C=O) groups excluding carboxylic acids is 1. The molecule has 0 radical (unpaired) electrons. The van der Waals surface area contributed by atoms with Crippen molar-refractivity contribution < 1.29 is 18.0 Å². The first-order valence-electron chi connectivity index (χ1n) is 4.86. The molecule has 0 spiro atoms. The van der Waals surface area contributed by atoms with Crippen LogP contribution >= 0.6 is 35.1 Å². The van der Waals surface area contributed by atoms with Crippen molar-refractivity contribution in [3.63, 3.8) is 0 Å². The van der Waals surface area contributed by atoms with Crippen LogP contribution in [0.3, 0.4) is 0 Å². The first-order chi connectivity index (χ1) is 8.35. The number of carbonyl (C=O) groups is 1. The fourth-order valence-electron chi connectivity index (χ4n) is 1.31. The van der Waals surface area contributed by atoms with Crippen molar-refractivity contribution in [3.8, 4) is 0 Å². The second kappa shape index (κ2) is 6.73. The van der Waals surface area contributed by atoms with Gasteiger partial charge in [0.25, 0.3) is 0 Å². The molecule has 0 fully saturated rings. The number of ketones is 1. The summed E-state index contributed by atoms with van der Waals surface area (Å²) in [6.07, 6.45) is 1.77. The fourth-order valence-corrected chi connectivity index (χ4v) is 2.87. The molecule has 18 heavy (non-hydrogen) atoms. The Morgan fingerprint density at radius 3 is 2.50 bits per heavy atom. The molecule has 1 aromatic rings. The minimum Gasteiger partial charge on any atom is -0.298 e. The third-order valence-electron chi connectivity index (χ3n) is 2.00. The Kier molecular flexibility index (Phi) is 5.88. The Hall–Kier alpha value is -0.330. The van der Waals surface area contributed by atoms with E-state index in [1.807, 2.05) is 0 Å². The smallest absolute Gasteiger partial charge is 0.298 e. The average molecular weight is 315 g/mol. The van der Waals surface area contributed by atoms with Gasteiger partial charge in [0.2, 0.25) is 0 Å². The molecule has 1 aromatic carbocycles. The Balaban J connectivity index is 2.98. The monoisotopic (exact) mass is 314 g/mol. The molecule has 0 aliphatic heterocycles. The summed E-state index contributed by atoms with van der Waals surface area (Å²) >= 11 is 6.44. The molecule has 1 rings (SSSR count). The van der Waals surface area contributed by atoms with Crippen molar-refractivity contribution in [3.05, 3.63) is 23.8 Å². The maximum atomic E-state index is 12.4. The van der Waals surface area contributed by atoms with Crippen LogP contribution in [0, 0.1) is 0 Å². The van der Waals surface area contributed by atoms with Crippen LogP contribution in [0.15, 0.2) is 28.0 Å². The van der Waals surface area contributed by atoms with Crippen LogP contribution in [0.25, 0.3) is 0 Å². The Bertz CT molecular complexity index is 435. The predicted octanol–water partition coefficient (Wildman–Crippen LogP) is 4.37. The number of halogens is 4. The zero-order chi connectivity index (χ0) is 13.8. The van der Waals surface area contributed by atoms with Gasteiger partial charge in [-0.2, -0.15) is 13.2 Å². The third kappa shape index (κ3) is 5.12. The van der Waals surface area contributed by atoms with Gasteiger partial charge < -0.3 is 0 Å². The van der Waals surface area contributed by atoms with Crippen molar-refractivity contribution in [2.45, 2.75) is 21.7 Å². The molecule has 100 valence electrons. The molecule has 0 unspecified atom stereocenters. The first kappa shape index (κ1) is 15.7. The zero-order valence-corrected chi connectivity index (χ0v) is 11.8. The number of hydrogen-bond donors (Lipinski definition) is 0. The van der Waals surface area contributed by atoms with Crippen molar-refractivity contribution in [2.24, 2.45) is 0 Å². The van der Waals surface area contributed by atoms with E-state index in [1.165, 1.54) is 17.8 Å². The molecule has 0 bridgehead atoms. The van der Waals surface area contributed by atoms with Crippen molar-refractivity contribution in [1.82, 2.24) is 0 Å². The normalized spacial score (nSPS) is 11.6. The largest absolute Gasteiger partial charge is 0.446 e. The number of benzene rings is 1. The molecule has 0 amide bonds. The van der Waals surface area contributed by atoms with Crippen molar-refractivity contribution >= 4 is 40.9 Å². The lowest BCUT2D eigenvalue weighted by Crippen LogP contribution is -2.05. The molecular formula is C11H10ClF3OS2. The van der Waals surface area contributed by atoms with E-state index >= 15 is 0 Å². The topological polar surface area (TPSA) is 17.1 Å². The van der Waals surface area contributed by atoms with Crippen LogP contribution in [0.4, 0.5) is 13.2 Å². The molecule has 0 aromatic heterocycles. The summed E-state index contributed by atoms with van der Waals surface area (Å²) in [4.78, 5) is 11.8. The van der Waals surface area contributed by atoms with Crippen LogP contribution in [0.5, 0.6) is 0 Å². The average Bonchev–Trinajstić information content (AvgIpc) is 2.27. The van der Waals surface area contributed by atoms with Gasteiger partial charge in [0, 0.05) is 16.2 Å². The second-order valence-corrected chi connectivity index (χ2v) is 5.60. The van der Waals surface area contributed by atoms with Crippen molar-refractivity contribution in [2.75, 3.05) is 12.1 Å². The van der Waals surface area contributed by atoms with Gasteiger partial charge in [-0.05, 0) is 35.7 Å². The summed E-state index contributed by atoms with van der Waals surface area (Å²) in [6.45, 7) is 0. The minimum atomic E-state index is -4.33. The summed E-state index contributed by atoms with van der Waals surface area (Å²) < 4.78 is 37.2. The first-order valence-corrected chi connectivity index (χ1v) is 7.43. The summed E-state index contributed by atoms with van der Waals surface area (Å²) in [5.74, 6) is -0.344. The number of thioether (sulfide) groups is 2. The highest BCUT2D eigenvalue weighted by Gasteiger charge is 2.30. The van der Waals surface area contributed by atoms with Gasteiger partial charge in [0.05, 0.1) is 5.88 Å². The Morgan fingerprint density at radius 2 is 2.00 bits per heavy atom. The standard InChI is InChI=1S/C11H10ClF3OS2/c1-17-9-3-2-7(4-8(16)6-12)5-10(9)18-11(13,14)15/h2-3,5H,4,6H2,1H3. The van der Waals surface area contributed by atoms with Gasteiger partial charge in [-0.15, -0.1) is 23.4 Å². The van der Waals surface area contributed by atoms with Gasteiger partial charge in [-0.25, -0.2) is 0 Å². The molecule has 0 aliphatic carbocycles. The highest BCUT2D eigenvalue weighted by atomic mass is 35.5. The van der Waals surface area contributed by atoms with Gasteiger partial charge >= 0.3 is 5.51 Å². The summed E-state index contributed by atoms with van der Waals surface area (Å²) in [5, 5.41) is 0. The van der Waals surface area contributed by atoms with E-state index in [1.54, 1.807) is 18.4 Å². The van der Waals surface area contributed by atoms with E-state index in [-0.39, 0.29) is 34.7 Å². The maximum absolute atomic E-state index is 12.4. The Morgan fingerprint density at radius 1 is 1.33 bits per heavy atom. The molecular weight excluding hydrogens is 305 g/mol. The number of hydrogen-bond acceptors (Lipinski definition) is 3. The van der Waals surface area contributed by atoms with Gasteiger partial charge in [-0.1, -0.05) is 6.07 Å². The van der Waals surface area contributed by atoms with Crippen LogP contribution in [0.2, 0.25) is 0 Å². The van der Waals surface area contributed by atoms with Gasteiger partial charge in [0.1, 0.15) is 0 Å². The molecule has 1 nitrogen and oxygen atoms in total. The lowest BCUT2D eigenvalue weighted by Gasteiger charge is -2.11. The fraction of sp³-hybridized carbons (Fsp3) is 0.364. The van der Waals surface area contributed by atoms with Crippen LogP contribution in [0.1, 0.15) is 5.56 Å². The van der Waals surface area contributed by atoms with Crippen LogP contribution in [-0.2, 0) is 11.2 Å². The zero-order valence-electron chi connectivity index (χ0n) is 9.38. The highest BCUT2D eigenvalue weighted by molar-refractivity contribution is 8.02. The summed E-state index contributed by atoms with van der Waals surface area (Å²) in [6, 6.07) is 4.64. The molecule has 0 saturated heterocycles. The number of alkyl halides is 4. The molecule has 0 heterocycles. The van der Waals surface area contributed by atoms with E-state index in [4.69, 9.17) is 11.6 Å². The lowest BCUT2D eigenvalue weighted by atomic mass is 10.1. The molecule has 7 heteroatoms. The molecule has 0 aliphatic rings. The lowest BCUT2D eigenvalue weighted by molar-refractivity contribution is -0.116. The van der Waals surface area contributed by atoms with Gasteiger partial charge in [0.15, 0.2) is 5.78 Å². The molecule has 0 N–H and O–H groups in total. The van der Waals surface area contributed by atoms with Crippen LogP contribution in [-0.4, -0.2) is 23.4 Å². The van der Waals surface area contributed by atoms with E-state index in [0.717, 1.165) is 0 Å². The molecule has 0 atom stereocenters. The predicted molar refractivity (Wildman–Crippen MR) is 69.6 cm³/mol. The SMILES string of the molecule is CSc1ccc(CC(=O)CCl)cc1SC(F)(F)F. The third-order valence-corrected chi connectivity index (χ3v) is 4.02. The Labute approximate surface area is 116 Å². The van der Waals surface area contributed by atoms with E-state index < -0.39 is 5.51 Å². The van der Waals surface area contributed by atoms with Crippen molar-refractivity contribution in [1.29, 1.82) is 0 Å². The second-order valence-electron chi connectivity index (χ2n) is 3.38. The van der Waals surface area contributed by atoms with E-state index in [0.29, 0.717) is 10.5 Å². The highest BCUT2D eigenvalue weighted by Crippen LogP contribution is 2.41. The number of Topliss-reactive ketones (excluding diaryl/α,β-unsaturated/α-hetero) is 1.